The number of benzene rings is 1. The van der Waals surface area contributed by atoms with Crippen LogP contribution >= 0.6 is 0 Å². The number of hydrogen-bond acceptors (Lipinski definition) is 4. The minimum atomic E-state index is -0.0797. The molecule has 1 aromatic heterocycles. The lowest BCUT2D eigenvalue weighted by atomic mass is 10.2. The van der Waals surface area contributed by atoms with E-state index < -0.39 is 0 Å². The number of anilines is 1. The van der Waals surface area contributed by atoms with Crippen molar-refractivity contribution in [2.45, 2.75) is 6.42 Å². The molecule has 0 atom stereocenters. The van der Waals surface area contributed by atoms with Crippen molar-refractivity contribution in [2.75, 3.05) is 11.9 Å². The Kier molecular flexibility index (Phi) is 3.69. The van der Waals surface area contributed by atoms with E-state index >= 15 is 0 Å². The molecule has 6 nitrogen and oxygen atoms in total. The number of amides is 1. The Labute approximate surface area is 105 Å². The SMILES string of the molecule is Cn1cnnc1-c1ccc(NC(=O)CCN)cc1. The van der Waals surface area contributed by atoms with Gasteiger partial charge in [0.2, 0.25) is 5.91 Å². The molecule has 0 radical (unpaired) electrons. The van der Waals surface area contributed by atoms with Gasteiger partial charge in [0, 0.05) is 31.3 Å². The lowest BCUT2D eigenvalue weighted by Crippen LogP contribution is -2.16. The van der Waals surface area contributed by atoms with Crippen LogP contribution in [0.3, 0.4) is 0 Å². The molecule has 2 rings (SSSR count). The summed E-state index contributed by atoms with van der Waals surface area (Å²) >= 11 is 0. The molecule has 1 heterocycles. The summed E-state index contributed by atoms with van der Waals surface area (Å²) in [5, 5.41) is 10.6. The molecule has 0 saturated carbocycles. The van der Waals surface area contributed by atoms with Crippen molar-refractivity contribution >= 4 is 11.6 Å². The van der Waals surface area contributed by atoms with E-state index in [1.807, 2.05) is 35.9 Å². The van der Waals surface area contributed by atoms with Gasteiger partial charge in [-0.2, -0.15) is 0 Å². The molecular weight excluding hydrogens is 230 g/mol. The standard InChI is InChI=1S/C12H15N5O/c1-17-8-14-16-12(17)9-2-4-10(5-3-9)15-11(18)6-7-13/h2-5,8H,6-7,13H2,1H3,(H,15,18). The second kappa shape index (κ2) is 5.42. The van der Waals surface area contributed by atoms with E-state index in [1.165, 1.54) is 0 Å². The van der Waals surface area contributed by atoms with Crippen LogP contribution in [0.4, 0.5) is 5.69 Å². The molecule has 18 heavy (non-hydrogen) atoms. The van der Waals surface area contributed by atoms with E-state index in [2.05, 4.69) is 15.5 Å². The number of carbonyl (C=O) groups is 1. The largest absolute Gasteiger partial charge is 0.330 e. The average molecular weight is 245 g/mol. The van der Waals surface area contributed by atoms with Crippen LogP contribution in [0.1, 0.15) is 6.42 Å². The number of nitrogens with two attached hydrogens (primary N) is 1. The Morgan fingerprint density at radius 1 is 1.39 bits per heavy atom. The highest BCUT2D eigenvalue weighted by molar-refractivity contribution is 5.91. The van der Waals surface area contributed by atoms with Crippen LogP contribution in [0.2, 0.25) is 0 Å². The van der Waals surface area contributed by atoms with Crippen LogP contribution in [0.15, 0.2) is 30.6 Å². The number of hydrogen-bond donors (Lipinski definition) is 2. The van der Waals surface area contributed by atoms with Crippen LogP contribution in [0.25, 0.3) is 11.4 Å². The molecule has 6 heteroatoms. The van der Waals surface area contributed by atoms with Crippen LogP contribution < -0.4 is 11.1 Å². The fraction of sp³-hybridized carbons (Fsp3) is 0.250. The maximum Gasteiger partial charge on any atom is 0.225 e. The number of aryl methyl sites for hydroxylation is 1. The lowest BCUT2D eigenvalue weighted by molar-refractivity contribution is -0.116. The Balaban J connectivity index is 2.11. The van der Waals surface area contributed by atoms with E-state index in [0.717, 1.165) is 17.1 Å². The molecule has 1 amide bonds. The van der Waals surface area contributed by atoms with Crippen molar-refractivity contribution in [3.8, 4) is 11.4 Å². The van der Waals surface area contributed by atoms with E-state index in [-0.39, 0.29) is 5.91 Å². The van der Waals surface area contributed by atoms with Crippen LogP contribution in [0.5, 0.6) is 0 Å². The quantitative estimate of drug-likeness (QED) is 0.833. The van der Waals surface area contributed by atoms with Gasteiger partial charge in [-0.1, -0.05) is 0 Å². The number of nitrogens with one attached hydrogen (secondary N) is 1. The number of carbonyl (C=O) groups excluding carboxylic acids is 1. The van der Waals surface area contributed by atoms with E-state index in [4.69, 9.17) is 5.73 Å². The Hall–Kier alpha value is -2.21. The first-order valence-corrected chi connectivity index (χ1v) is 5.65. The predicted octanol–water partition coefficient (Wildman–Crippen LogP) is 0.769. The second-order valence-corrected chi connectivity index (χ2v) is 3.93. The molecule has 0 fully saturated rings. The van der Waals surface area contributed by atoms with Crippen LogP contribution in [-0.2, 0) is 11.8 Å². The molecule has 0 saturated heterocycles. The topological polar surface area (TPSA) is 85.8 Å². The lowest BCUT2D eigenvalue weighted by Gasteiger charge is -2.05. The third-order valence-corrected chi connectivity index (χ3v) is 2.51. The predicted molar refractivity (Wildman–Crippen MR) is 68.7 cm³/mol. The average Bonchev–Trinajstić information content (AvgIpc) is 2.77. The Morgan fingerprint density at radius 3 is 2.67 bits per heavy atom. The van der Waals surface area contributed by atoms with Crippen molar-refractivity contribution in [1.29, 1.82) is 0 Å². The maximum absolute atomic E-state index is 11.4. The van der Waals surface area contributed by atoms with Crippen molar-refractivity contribution in [3.05, 3.63) is 30.6 Å². The van der Waals surface area contributed by atoms with Gasteiger partial charge in [-0.3, -0.25) is 4.79 Å². The van der Waals surface area contributed by atoms with E-state index in [0.29, 0.717) is 13.0 Å². The highest BCUT2D eigenvalue weighted by Crippen LogP contribution is 2.18. The van der Waals surface area contributed by atoms with Gasteiger partial charge in [0.25, 0.3) is 0 Å². The molecule has 0 aliphatic heterocycles. The first kappa shape index (κ1) is 12.3. The molecular formula is C12H15N5O. The third kappa shape index (κ3) is 2.72. The molecule has 0 spiro atoms. The summed E-state index contributed by atoms with van der Waals surface area (Å²) in [6.45, 7) is 0.350. The van der Waals surface area contributed by atoms with E-state index in [9.17, 15) is 4.79 Å². The number of rotatable bonds is 4. The van der Waals surface area contributed by atoms with Gasteiger partial charge in [-0.15, -0.1) is 10.2 Å². The molecule has 3 N–H and O–H groups in total. The fourth-order valence-corrected chi connectivity index (χ4v) is 1.60. The van der Waals surface area contributed by atoms with Crippen molar-refractivity contribution < 1.29 is 4.79 Å². The zero-order chi connectivity index (χ0) is 13.0. The van der Waals surface area contributed by atoms with E-state index in [1.54, 1.807) is 6.33 Å². The summed E-state index contributed by atoms with van der Waals surface area (Å²) in [7, 11) is 1.88. The number of aromatic nitrogens is 3. The molecule has 1 aromatic carbocycles. The molecule has 0 bridgehead atoms. The van der Waals surface area contributed by atoms with Gasteiger partial charge < -0.3 is 15.6 Å². The molecule has 0 aliphatic carbocycles. The van der Waals surface area contributed by atoms with Gasteiger partial charge in [-0.25, -0.2) is 0 Å². The first-order chi connectivity index (χ1) is 8.70. The highest BCUT2D eigenvalue weighted by Gasteiger charge is 2.05. The maximum atomic E-state index is 11.4. The summed E-state index contributed by atoms with van der Waals surface area (Å²) in [4.78, 5) is 11.4. The molecule has 2 aromatic rings. The minimum Gasteiger partial charge on any atom is -0.330 e. The fourth-order valence-electron chi connectivity index (χ4n) is 1.60. The van der Waals surface area contributed by atoms with Gasteiger partial charge in [0.05, 0.1) is 0 Å². The molecule has 0 unspecified atom stereocenters. The van der Waals surface area contributed by atoms with Gasteiger partial charge in [0.15, 0.2) is 5.82 Å². The first-order valence-electron chi connectivity index (χ1n) is 5.65. The summed E-state index contributed by atoms with van der Waals surface area (Å²) in [5.41, 5.74) is 7.01. The summed E-state index contributed by atoms with van der Waals surface area (Å²) in [5.74, 6) is 0.707. The second-order valence-electron chi connectivity index (χ2n) is 3.93. The zero-order valence-electron chi connectivity index (χ0n) is 10.1. The summed E-state index contributed by atoms with van der Waals surface area (Å²) in [6, 6.07) is 7.45. The normalized spacial score (nSPS) is 10.3. The highest BCUT2D eigenvalue weighted by atomic mass is 16.1. The van der Waals surface area contributed by atoms with Gasteiger partial charge in [-0.05, 0) is 24.3 Å². The molecule has 0 aliphatic rings. The van der Waals surface area contributed by atoms with Crippen LogP contribution in [-0.4, -0.2) is 27.2 Å². The zero-order valence-corrected chi connectivity index (χ0v) is 10.1. The monoisotopic (exact) mass is 245 g/mol. The molecule has 94 valence electrons. The Bertz CT molecular complexity index is 532. The van der Waals surface area contributed by atoms with Crippen molar-refractivity contribution in [2.24, 2.45) is 12.8 Å². The van der Waals surface area contributed by atoms with Gasteiger partial charge >= 0.3 is 0 Å². The van der Waals surface area contributed by atoms with Crippen molar-refractivity contribution in [1.82, 2.24) is 14.8 Å². The van der Waals surface area contributed by atoms with Gasteiger partial charge in [0.1, 0.15) is 6.33 Å². The number of nitrogens with zero attached hydrogens (tertiary/aromatic N) is 3. The minimum absolute atomic E-state index is 0.0797. The van der Waals surface area contributed by atoms with Crippen LogP contribution in [0, 0.1) is 0 Å². The summed E-state index contributed by atoms with van der Waals surface area (Å²) < 4.78 is 1.84. The third-order valence-electron chi connectivity index (χ3n) is 2.51. The smallest absolute Gasteiger partial charge is 0.225 e. The van der Waals surface area contributed by atoms with Crippen molar-refractivity contribution in [3.63, 3.8) is 0 Å². The summed E-state index contributed by atoms with van der Waals surface area (Å²) in [6.07, 6.45) is 1.97. The Morgan fingerprint density at radius 2 is 2.11 bits per heavy atom.